The Morgan fingerprint density at radius 2 is 1.75 bits per heavy atom. The van der Waals surface area contributed by atoms with Crippen molar-refractivity contribution in [1.82, 2.24) is 15.0 Å². The molecule has 0 aliphatic carbocycles. The average molecular weight is 266 g/mol. The Morgan fingerprint density at radius 1 is 0.950 bits per heavy atom. The lowest BCUT2D eigenvalue weighted by Crippen LogP contribution is -2.22. The summed E-state index contributed by atoms with van der Waals surface area (Å²) < 4.78 is 0. The molecule has 3 rings (SSSR count). The Kier molecular flexibility index (Phi) is 3.52. The highest BCUT2D eigenvalue weighted by atomic mass is 16.3. The van der Waals surface area contributed by atoms with E-state index in [0.29, 0.717) is 6.54 Å². The fourth-order valence-electron chi connectivity index (χ4n) is 2.20. The van der Waals surface area contributed by atoms with E-state index in [1.807, 2.05) is 35.4 Å². The average Bonchev–Trinajstić information content (AvgIpc) is 2.53. The first-order chi connectivity index (χ1) is 9.90. The third kappa shape index (κ3) is 2.31. The topological polar surface area (TPSA) is 62.1 Å². The van der Waals surface area contributed by atoms with Crippen LogP contribution in [0.4, 0.5) is 11.5 Å². The van der Waals surface area contributed by atoms with Crippen LogP contribution in [-0.2, 0) is 0 Å². The minimum atomic E-state index is 0.0471. The summed E-state index contributed by atoms with van der Waals surface area (Å²) in [4.78, 5) is 14.6. The van der Waals surface area contributed by atoms with E-state index < -0.39 is 0 Å². The van der Waals surface area contributed by atoms with Gasteiger partial charge in [0.15, 0.2) is 0 Å². The van der Waals surface area contributed by atoms with Crippen LogP contribution in [0, 0.1) is 0 Å². The van der Waals surface area contributed by atoms with E-state index in [4.69, 9.17) is 0 Å². The molecule has 0 aliphatic heterocycles. The molecule has 0 bridgehead atoms. The summed E-state index contributed by atoms with van der Waals surface area (Å²) >= 11 is 0. The number of hydrogen-bond acceptors (Lipinski definition) is 5. The summed E-state index contributed by atoms with van der Waals surface area (Å²) in [5.41, 5.74) is 0.950. The molecule has 0 saturated carbocycles. The van der Waals surface area contributed by atoms with E-state index in [-0.39, 0.29) is 6.61 Å². The van der Waals surface area contributed by atoms with Gasteiger partial charge in [-0.15, -0.1) is 0 Å². The van der Waals surface area contributed by atoms with Crippen LogP contribution in [0.15, 0.2) is 55.2 Å². The molecule has 0 saturated heterocycles. The highest BCUT2D eigenvalue weighted by molar-refractivity contribution is 5.93. The van der Waals surface area contributed by atoms with E-state index in [1.165, 1.54) is 0 Å². The molecule has 100 valence electrons. The summed E-state index contributed by atoms with van der Waals surface area (Å²) in [6, 6.07) is 7.66. The Morgan fingerprint density at radius 3 is 2.55 bits per heavy atom. The monoisotopic (exact) mass is 266 g/mol. The molecule has 3 heterocycles. The molecule has 3 aromatic heterocycles. The number of fused-ring (bicyclic) bond motifs is 1. The van der Waals surface area contributed by atoms with E-state index >= 15 is 0 Å². The van der Waals surface area contributed by atoms with Gasteiger partial charge in [0.2, 0.25) is 0 Å². The maximum atomic E-state index is 9.33. The molecule has 3 aromatic rings. The molecule has 0 aliphatic rings. The third-order valence-corrected chi connectivity index (χ3v) is 3.10. The molecule has 1 N–H and O–H groups in total. The second-order valence-corrected chi connectivity index (χ2v) is 4.31. The van der Waals surface area contributed by atoms with Gasteiger partial charge in [-0.2, -0.15) is 0 Å². The number of aliphatic hydroxyl groups is 1. The smallest absolute Gasteiger partial charge is 0.141 e. The number of nitrogens with zero attached hydrogens (tertiary/aromatic N) is 4. The molecule has 5 nitrogen and oxygen atoms in total. The highest BCUT2D eigenvalue weighted by Gasteiger charge is 2.13. The van der Waals surface area contributed by atoms with Crippen molar-refractivity contribution in [3.63, 3.8) is 0 Å². The third-order valence-electron chi connectivity index (χ3n) is 3.10. The number of aliphatic hydroxyl groups excluding tert-OH is 1. The number of rotatable bonds is 4. The Labute approximate surface area is 116 Å². The van der Waals surface area contributed by atoms with E-state index in [2.05, 4.69) is 15.0 Å². The molecular formula is C15H14N4O. The fraction of sp³-hybridized carbons (Fsp3) is 0.133. The van der Waals surface area contributed by atoms with Crippen molar-refractivity contribution in [3.8, 4) is 0 Å². The fourth-order valence-corrected chi connectivity index (χ4v) is 2.20. The van der Waals surface area contributed by atoms with Crippen LogP contribution in [0.3, 0.4) is 0 Å². The Bertz CT molecular complexity index is 697. The van der Waals surface area contributed by atoms with Crippen LogP contribution in [0.1, 0.15) is 0 Å². The molecule has 0 unspecified atom stereocenters. The van der Waals surface area contributed by atoms with Gasteiger partial charge in [0.05, 0.1) is 6.61 Å². The van der Waals surface area contributed by atoms with E-state index in [1.54, 1.807) is 24.8 Å². The lowest BCUT2D eigenvalue weighted by molar-refractivity contribution is 0.305. The van der Waals surface area contributed by atoms with E-state index in [9.17, 15) is 5.11 Å². The normalized spacial score (nSPS) is 10.7. The Balaban J connectivity index is 2.15. The zero-order valence-electron chi connectivity index (χ0n) is 10.8. The van der Waals surface area contributed by atoms with Gasteiger partial charge in [-0.1, -0.05) is 0 Å². The van der Waals surface area contributed by atoms with Gasteiger partial charge in [0.1, 0.15) is 5.82 Å². The maximum absolute atomic E-state index is 9.33. The van der Waals surface area contributed by atoms with Gasteiger partial charge >= 0.3 is 0 Å². The van der Waals surface area contributed by atoms with Crippen molar-refractivity contribution < 1.29 is 5.11 Å². The van der Waals surface area contributed by atoms with Gasteiger partial charge in [-0.3, -0.25) is 9.97 Å². The van der Waals surface area contributed by atoms with Crippen LogP contribution in [0.5, 0.6) is 0 Å². The summed E-state index contributed by atoms with van der Waals surface area (Å²) in [7, 11) is 0. The summed E-state index contributed by atoms with van der Waals surface area (Å²) in [6.07, 6.45) is 8.77. The highest BCUT2D eigenvalue weighted by Crippen LogP contribution is 2.28. The number of pyridine rings is 3. The maximum Gasteiger partial charge on any atom is 0.141 e. The zero-order chi connectivity index (χ0) is 13.8. The van der Waals surface area contributed by atoms with Crippen molar-refractivity contribution in [2.75, 3.05) is 18.1 Å². The van der Waals surface area contributed by atoms with Crippen molar-refractivity contribution in [2.24, 2.45) is 0 Å². The summed E-state index contributed by atoms with van der Waals surface area (Å²) in [6.45, 7) is 0.518. The number of anilines is 2. The molecular weight excluding hydrogens is 252 g/mol. The van der Waals surface area contributed by atoms with Crippen molar-refractivity contribution in [2.45, 2.75) is 0 Å². The van der Waals surface area contributed by atoms with Gasteiger partial charge in [-0.05, 0) is 24.3 Å². The second kappa shape index (κ2) is 5.63. The molecule has 0 aromatic carbocycles. The molecule has 5 heteroatoms. The first-order valence-corrected chi connectivity index (χ1v) is 6.37. The van der Waals surface area contributed by atoms with Crippen LogP contribution in [0.2, 0.25) is 0 Å². The lowest BCUT2D eigenvalue weighted by atomic mass is 10.2. The minimum absolute atomic E-state index is 0.0471. The van der Waals surface area contributed by atoms with Crippen LogP contribution in [0.25, 0.3) is 10.8 Å². The zero-order valence-corrected chi connectivity index (χ0v) is 10.8. The van der Waals surface area contributed by atoms with Gasteiger partial charge in [0.25, 0.3) is 0 Å². The summed E-state index contributed by atoms with van der Waals surface area (Å²) in [5, 5.41) is 11.4. The minimum Gasteiger partial charge on any atom is -0.395 e. The molecule has 0 spiro atoms. The Hall–Kier alpha value is -2.53. The van der Waals surface area contributed by atoms with E-state index in [0.717, 1.165) is 22.3 Å². The van der Waals surface area contributed by atoms with Crippen LogP contribution < -0.4 is 4.90 Å². The van der Waals surface area contributed by atoms with Gasteiger partial charge < -0.3 is 10.0 Å². The lowest BCUT2D eigenvalue weighted by Gasteiger charge is -2.24. The van der Waals surface area contributed by atoms with Gasteiger partial charge in [0, 0.05) is 54.0 Å². The molecule has 20 heavy (non-hydrogen) atoms. The predicted octanol–water partition coefficient (Wildman–Crippen LogP) is 2.16. The van der Waals surface area contributed by atoms with Crippen molar-refractivity contribution >= 4 is 22.3 Å². The molecule has 0 amide bonds. The molecule has 0 fully saturated rings. The molecule has 0 radical (unpaired) electrons. The van der Waals surface area contributed by atoms with Crippen molar-refractivity contribution in [1.29, 1.82) is 0 Å². The van der Waals surface area contributed by atoms with Crippen LogP contribution in [-0.4, -0.2) is 33.2 Å². The SMILES string of the molecule is OCCN(c1ccncc1)c1nccc2cnccc12. The molecule has 0 atom stereocenters. The van der Waals surface area contributed by atoms with Crippen molar-refractivity contribution in [3.05, 3.63) is 55.2 Å². The predicted molar refractivity (Wildman–Crippen MR) is 77.9 cm³/mol. The standard InChI is InChI=1S/C15H14N4O/c20-10-9-19(13-2-5-16-6-3-13)15-14-4-7-17-11-12(14)1-8-18-15/h1-8,11,20H,9-10H2. The summed E-state index contributed by atoms with van der Waals surface area (Å²) in [5.74, 6) is 0.810. The first-order valence-electron chi connectivity index (χ1n) is 6.37. The first kappa shape index (κ1) is 12.5. The number of hydrogen-bond donors (Lipinski definition) is 1. The van der Waals surface area contributed by atoms with Crippen LogP contribution >= 0.6 is 0 Å². The van der Waals surface area contributed by atoms with Gasteiger partial charge in [-0.25, -0.2) is 4.98 Å². The largest absolute Gasteiger partial charge is 0.395 e. The number of aromatic nitrogens is 3. The second-order valence-electron chi connectivity index (χ2n) is 4.31. The quantitative estimate of drug-likeness (QED) is 0.784.